The van der Waals surface area contributed by atoms with Crippen molar-refractivity contribution in [2.45, 2.75) is 0 Å². The average molecular weight is 244 g/mol. The molecule has 84 valence electrons. The lowest BCUT2D eigenvalue weighted by molar-refractivity contribution is 0.483. The number of hydrogen-bond donors (Lipinski definition) is 1. The van der Waals surface area contributed by atoms with E-state index in [4.69, 9.17) is 0 Å². The highest BCUT2D eigenvalue weighted by Crippen LogP contribution is 2.35. The maximum Gasteiger partial charge on any atom is 0.143 e. The van der Waals surface area contributed by atoms with Gasteiger partial charge in [-0.05, 0) is 12.1 Å². The zero-order valence-corrected chi connectivity index (χ0v) is 9.50. The van der Waals surface area contributed by atoms with E-state index in [-0.39, 0.29) is 5.75 Å². The van der Waals surface area contributed by atoms with Crippen molar-refractivity contribution in [3.05, 3.63) is 41.8 Å². The quantitative estimate of drug-likeness (QED) is 0.702. The van der Waals surface area contributed by atoms with E-state index < -0.39 is 0 Å². The Bertz CT molecular complexity index is 672. The minimum Gasteiger partial charge on any atom is -0.506 e. The van der Waals surface area contributed by atoms with Crippen LogP contribution in [0.4, 0.5) is 0 Å². The van der Waals surface area contributed by atoms with E-state index in [9.17, 15) is 5.11 Å². The summed E-state index contributed by atoms with van der Waals surface area (Å²) < 4.78 is 2.51. The summed E-state index contributed by atoms with van der Waals surface area (Å²) in [6.07, 6.45) is 4.57. The molecular formula is C11H8N4OS. The molecule has 0 aliphatic carbocycles. The second-order valence-corrected chi connectivity index (χ2v) is 4.48. The number of thiophene rings is 1. The Hall–Kier alpha value is -2.21. The first-order chi connectivity index (χ1) is 8.34. The fourth-order valence-corrected chi connectivity index (χ4v) is 2.48. The third-order valence-corrected chi connectivity index (χ3v) is 3.40. The van der Waals surface area contributed by atoms with Gasteiger partial charge in [-0.3, -0.25) is 0 Å². The highest BCUT2D eigenvalue weighted by atomic mass is 32.1. The van der Waals surface area contributed by atoms with Gasteiger partial charge >= 0.3 is 0 Å². The molecule has 0 saturated heterocycles. The van der Waals surface area contributed by atoms with Gasteiger partial charge in [0.15, 0.2) is 0 Å². The van der Waals surface area contributed by atoms with Crippen LogP contribution in [0, 0.1) is 0 Å². The molecule has 0 bridgehead atoms. The molecule has 5 nitrogen and oxygen atoms in total. The Morgan fingerprint density at radius 2 is 2.00 bits per heavy atom. The fraction of sp³-hybridized carbons (Fsp3) is 0. The molecule has 0 aliphatic rings. The zero-order valence-electron chi connectivity index (χ0n) is 8.69. The first-order valence-corrected chi connectivity index (χ1v) is 5.76. The predicted molar refractivity (Wildman–Crippen MR) is 66.5 cm³/mol. The van der Waals surface area contributed by atoms with Crippen molar-refractivity contribution in [1.82, 2.24) is 14.9 Å². The monoisotopic (exact) mass is 244 g/mol. The smallest absolute Gasteiger partial charge is 0.143 e. The molecule has 0 unspecified atom stereocenters. The fourth-order valence-electron chi connectivity index (χ4n) is 1.51. The Labute approximate surface area is 101 Å². The number of benzene rings is 1. The first kappa shape index (κ1) is 9.98. The molecule has 17 heavy (non-hydrogen) atoms. The SMILES string of the molecule is Oc1c(/C=N\n2cnnc2)sc2ccccc12. The lowest BCUT2D eigenvalue weighted by atomic mass is 10.2. The van der Waals surface area contributed by atoms with Crippen LogP contribution in [0.1, 0.15) is 4.88 Å². The lowest BCUT2D eigenvalue weighted by Gasteiger charge is -1.90. The van der Waals surface area contributed by atoms with Crippen molar-refractivity contribution in [3.8, 4) is 5.75 Å². The van der Waals surface area contributed by atoms with Crippen LogP contribution in [0.5, 0.6) is 5.75 Å². The van der Waals surface area contributed by atoms with Gasteiger partial charge in [0.1, 0.15) is 18.4 Å². The Kier molecular flexibility index (Phi) is 2.34. The van der Waals surface area contributed by atoms with Crippen molar-refractivity contribution in [2.75, 3.05) is 0 Å². The minimum atomic E-state index is 0.266. The summed E-state index contributed by atoms with van der Waals surface area (Å²) in [4.78, 5) is 0.722. The minimum absolute atomic E-state index is 0.266. The highest BCUT2D eigenvalue weighted by molar-refractivity contribution is 7.21. The van der Waals surface area contributed by atoms with E-state index in [1.54, 1.807) is 6.21 Å². The maximum atomic E-state index is 10.00. The number of rotatable bonds is 2. The third-order valence-electron chi connectivity index (χ3n) is 2.31. The summed E-state index contributed by atoms with van der Waals surface area (Å²) in [5.74, 6) is 0.266. The highest BCUT2D eigenvalue weighted by Gasteiger charge is 2.08. The number of aromatic nitrogens is 3. The van der Waals surface area contributed by atoms with Crippen LogP contribution in [0.3, 0.4) is 0 Å². The molecule has 0 atom stereocenters. The molecule has 2 aromatic heterocycles. The normalized spacial score (nSPS) is 11.5. The molecule has 0 amide bonds. The largest absolute Gasteiger partial charge is 0.506 e. The summed E-state index contributed by atoms with van der Waals surface area (Å²) in [7, 11) is 0. The van der Waals surface area contributed by atoms with Gasteiger partial charge in [-0.2, -0.15) is 5.10 Å². The van der Waals surface area contributed by atoms with Crippen molar-refractivity contribution >= 4 is 27.6 Å². The van der Waals surface area contributed by atoms with Crippen LogP contribution in [0.2, 0.25) is 0 Å². The summed E-state index contributed by atoms with van der Waals surface area (Å²) >= 11 is 1.49. The van der Waals surface area contributed by atoms with Crippen molar-refractivity contribution in [2.24, 2.45) is 5.10 Å². The molecule has 3 aromatic rings. The van der Waals surface area contributed by atoms with E-state index in [0.29, 0.717) is 0 Å². The van der Waals surface area contributed by atoms with E-state index in [0.717, 1.165) is 15.0 Å². The summed E-state index contributed by atoms with van der Waals surface area (Å²) in [6.45, 7) is 0. The molecule has 1 N–H and O–H groups in total. The lowest BCUT2D eigenvalue weighted by Crippen LogP contribution is -1.84. The standard InChI is InChI=1S/C11H8N4OS/c16-11-8-3-1-2-4-9(8)17-10(11)5-14-15-6-12-13-7-15/h1-7,16H/b14-5-. The second kappa shape index (κ2) is 3.99. The summed E-state index contributed by atoms with van der Waals surface area (Å²) in [6, 6.07) is 7.70. The number of fused-ring (bicyclic) bond motifs is 1. The van der Waals surface area contributed by atoms with Crippen molar-refractivity contribution in [1.29, 1.82) is 0 Å². The molecular weight excluding hydrogens is 236 g/mol. The Balaban J connectivity index is 2.03. The predicted octanol–water partition coefficient (Wildman–Crippen LogP) is 2.08. The van der Waals surface area contributed by atoms with E-state index in [1.807, 2.05) is 24.3 Å². The van der Waals surface area contributed by atoms with Crippen molar-refractivity contribution < 1.29 is 5.11 Å². The van der Waals surface area contributed by atoms with Gasteiger partial charge in [0.2, 0.25) is 0 Å². The first-order valence-electron chi connectivity index (χ1n) is 4.94. The van der Waals surface area contributed by atoms with E-state index >= 15 is 0 Å². The summed E-state index contributed by atoms with van der Waals surface area (Å²) in [5, 5.41) is 22.2. The van der Waals surface area contributed by atoms with Crippen LogP contribution < -0.4 is 0 Å². The number of aromatic hydroxyl groups is 1. The Morgan fingerprint density at radius 3 is 2.76 bits per heavy atom. The topological polar surface area (TPSA) is 63.3 Å². The summed E-state index contributed by atoms with van der Waals surface area (Å²) in [5.41, 5.74) is 0. The van der Waals surface area contributed by atoms with Crippen LogP contribution in [-0.4, -0.2) is 26.2 Å². The third kappa shape index (κ3) is 1.78. The van der Waals surface area contributed by atoms with Crippen LogP contribution in [0.25, 0.3) is 10.1 Å². The van der Waals surface area contributed by atoms with Crippen LogP contribution in [0.15, 0.2) is 42.0 Å². The molecule has 0 saturated carbocycles. The van der Waals surface area contributed by atoms with Crippen molar-refractivity contribution in [3.63, 3.8) is 0 Å². The number of nitrogens with zero attached hydrogens (tertiary/aromatic N) is 4. The maximum absolute atomic E-state index is 10.00. The van der Waals surface area contributed by atoms with Crippen LogP contribution in [-0.2, 0) is 0 Å². The van der Waals surface area contributed by atoms with Gasteiger partial charge in [0.25, 0.3) is 0 Å². The van der Waals surface area contributed by atoms with Gasteiger partial charge < -0.3 is 5.11 Å². The molecule has 6 heteroatoms. The van der Waals surface area contributed by atoms with Crippen LogP contribution >= 0.6 is 11.3 Å². The second-order valence-electron chi connectivity index (χ2n) is 3.40. The van der Waals surface area contributed by atoms with Gasteiger partial charge in [-0.15, -0.1) is 21.5 Å². The van der Waals surface area contributed by atoms with Gasteiger partial charge in [-0.1, -0.05) is 12.1 Å². The molecule has 0 spiro atoms. The van der Waals surface area contributed by atoms with Gasteiger partial charge in [-0.25, -0.2) is 4.68 Å². The molecule has 0 aliphatic heterocycles. The molecule has 0 radical (unpaired) electrons. The van der Waals surface area contributed by atoms with E-state index in [1.165, 1.54) is 28.7 Å². The van der Waals surface area contributed by atoms with Gasteiger partial charge in [0, 0.05) is 10.1 Å². The molecule has 1 aromatic carbocycles. The number of hydrogen-bond acceptors (Lipinski definition) is 5. The van der Waals surface area contributed by atoms with E-state index in [2.05, 4.69) is 15.3 Å². The Morgan fingerprint density at radius 1 is 1.24 bits per heavy atom. The molecule has 0 fully saturated rings. The zero-order chi connectivity index (χ0) is 11.7. The molecule has 3 rings (SSSR count). The molecule has 2 heterocycles. The average Bonchev–Trinajstić information content (AvgIpc) is 2.96. The van der Waals surface area contributed by atoms with Gasteiger partial charge in [0.05, 0.1) is 11.1 Å².